The third kappa shape index (κ3) is 4.21. The summed E-state index contributed by atoms with van der Waals surface area (Å²) in [6, 6.07) is 3.83. The van der Waals surface area contributed by atoms with Crippen molar-refractivity contribution in [2.24, 2.45) is 34.5 Å². The van der Waals surface area contributed by atoms with Gasteiger partial charge in [-0.05, 0) is 67.4 Å². The van der Waals surface area contributed by atoms with E-state index in [0.717, 1.165) is 44.0 Å². The highest BCUT2D eigenvalue weighted by Crippen LogP contribution is 2.64. The van der Waals surface area contributed by atoms with E-state index in [9.17, 15) is 22.8 Å². The number of ether oxygens (including phenoxy) is 1. The molecule has 5 nitrogen and oxygen atoms in total. The van der Waals surface area contributed by atoms with Crippen LogP contribution in [0.1, 0.15) is 52.4 Å². The summed E-state index contributed by atoms with van der Waals surface area (Å²) in [5.74, 6) is 0.251. The van der Waals surface area contributed by atoms with E-state index in [4.69, 9.17) is 11.6 Å². The van der Waals surface area contributed by atoms with E-state index in [2.05, 4.69) is 29.2 Å². The highest BCUT2D eigenvalue weighted by atomic mass is 35.5. The van der Waals surface area contributed by atoms with Gasteiger partial charge >= 0.3 is 6.36 Å². The second-order valence-electron chi connectivity index (χ2n) is 11.1. The third-order valence-electron chi connectivity index (χ3n) is 9.34. The summed E-state index contributed by atoms with van der Waals surface area (Å²) in [5.41, 5.74) is 0.731. The number of alkyl halides is 3. The van der Waals surface area contributed by atoms with Crippen molar-refractivity contribution >= 4 is 29.0 Å². The lowest BCUT2D eigenvalue weighted by molar-refractivity contribution is -0.274. The highest BCUT2D eigenvalue weighted by molar-refractivity contribution is 6.30. The monoisotopic (exact) mass is 510 g/mol. The molecule has 4 unspecified atom stereocenters. The zero-order valence-electron chi connectivity index (χ0n) is 19.8. The minimum atomic E-state index is -4.89. The molecule has 0 radical (unpaired) electrons. The summed E-state index contributed by atoms with van der Waals surface area (Å²) in [6.07, 6.45) is 1.74. The molecule has 0 bridgehead atoms. The number of rotatable bonds is 3. The topological polar surface area (TPSA) is 67.4 Å². The van der Waals surface area contributed by atoms with E-state index in [1.807, 2.05) is 0 Å². The molecule has 3 fully saturated rings. The van der Waals surface area contributed by atoms with Gasteiger partial charge in [0.1, 0.15) is 0 Å². The highest BCUT2D eigenvalue weighted by Gasteiger charge is 2.60. The van der Waals surface area contributed by atoms with Crippen LogP contribution in [0.3, 0.4) is 0 Å². The van der Waals surface area contributed by atoms with Crippen LogP contribution in [0, 0.1) is 34.5 Å². The lowest BCUT2D eigenvalue weighted by Gasteiger charge is -2.58. The molecule has 1 aromatic carbocycles. The minimum Gasteiger partial charge on any atom is -0.404 e. The molecular formula is C26H30ClF3N2O3. The van der Waals surface area contributed by atoms with Crippen molar-refractivity contribution < 1.29 is 27.5 Å². The molecule has 9 heteroatoms. The number of carbonyl (C=O) groups is 2. The zero-order valence-corrected chi connectivity index (χ0v) is 20.6. The van der Waals surface area contributed by atoms with Crippen molar-refractivity contribution in [2.45, 2.75) is 58.7 Å². The molecule has 1 amide bonds. The third-order valence-corrected chi connectivity index (χ3v) is 9.57. The number of amides is 1. The molecule has 1 heterocycles. The van der Waals surface area contributed by atoms with Gasteiger partial charge in [0.25, 0.3) is 0 Å². The first-order valence-corrected chi connectivity index (χ1v) is 12.6. The molecule has 190 valence electrons. The number of hydrogen-bond acceptors (Lipinski definition) is 4. The molecule has 0 spiro atoms. The normalized spacial score (nSPS) is 36.3. The van der Waals surface area contributed by atoms with E-state index >= 15 is 0 Å². The van der Waals surface area contributed by atoms with Gasteiger partial charge in [0.05, 0.1) is 5.69 Å². The number of nitrogens with one attached hydrogen (secondary N) is 2. The van der Waals surface area contributed by atoms with Crippen molar-refractivity contribution in [3.63, 3.8) is 0 Å². The van der Waals surface area contributed by atoms with Crippen molar-refractivity contribution in [1.29, 1.82) is 0 Å². The van der Waals surface area contributed by atoms with Crippen LogP contribution in [0.4, 0.5) is 18.9 Å². The number of benzene rings is 1. The van der Waals surface area contributed by atoms with Gasteiger partial charge in [-0.1, -0.05) is 25.4 Å². The van der Waals surface area contributed by atoms with Crippen LogP contribution in [0.5, 0.6) is 5.75 Å². The number of carbonyl (C=O) groups excluding carboxylic acids is 2. The second-order valence-corrected chi connectivity index (χ2v) is 11.5. The Morgan fingerprint density at radius 3 is 2.69 bits per heavy atom. The summed E-state index contributed by atoms with van der Waals surface area (Å²) in [7, 11) is 0. The fourth-order valence-corrected chi connectivity index (χ4v) is 7.77. The van der Waals surface area contributed by atoms with Crippen LogP contribution in [0.2, 0.25) is 5.02 Å². The SMILES string of the molecule is C[C@]12CCC3C(CNC4=CC(=O)CC[C@@]43C)C1CCC2C(=O)Nc1ccc(Cl)cc1OC(F)(F)F. The van der Waals surface area contributed by atoms with Gasteiger partial charge in [0.15, 0.2) is 11.5 Å². The fraction of sp³-hybridized carbons (Fsp3) is 0.615. The van der Waals surface area contributed by atoms with Gasteiger partial charge in [-0.3, -0.25) is 9.59 Å². The summed E-state index contributed by atoms with van der Waals surface area (Å²) < 4.78 is 42.8. The number of hydrogen-bond donors (Lipinski definition) is 2. The van der Waals surface area contributed by atoms with Gasteiger partial charge in [0.2, 0.25) is 5.91 Å². The maximum atomic E-state index is 13.4. The van der Waals surface area contributed by atoms with Gasteiger partial charge in [-0.15, -0.1) is 13.2 Å². The molecule has 0 aromatic heterocycles. The number of allylic oxidation sites excluding steroid dienone is 2. The summed E-state index contributed by atoms with van der Waals surface area (Å²) >= 11 is 5.87. The first-order chi connectivity index (χ1) is 16.4. The molecule has 1 aromatic rings. The Morgan fingerprint density at radius 1 is 1.17 bits per heavy atom. The Kier molecular flexibility index (Phi) is 5.89. The maximum absolute atomic E-state index is 13.4. The van der Waals surface area contributed by atoms with Crippen LogP contribution in [0.15, 0.2) is 30.0 Å². The first-order valence-electron chi connectivity index (χ1n) is 12.3. The predicted molar refractivity (Wildman–Crippen MR) is 126 cm³/mol. The lowest BCUT2D eigenvalue weighted by Crippen LogP contribution is -2.57. The largest absolute Gasteiger partial charge is 0.573 e. The predicted octanol–water partition coefficient (Wildman–Crippen LogP) is 6.09. The smallest absolute Gasteiger partial charge is 0.404 e. The van der Waals surface area contributed by atoms with Crippen LogP contribution in [0.25, 0.3) is 0 Å². The maximum Gasteiger partial charge on any atom is 0.573 e. The molecule has 3 aliphatic carbocycles. The Hall–Kier alpha value is -2.22. The quantitative estimate of drug-likeness (QED) is 0.516. The van der Waals surface area contributed by atoms with Crippen LogP contribution in [-0.4, -0.2) is 24.6 Å². The van der Waals surface area contributed by atoms with E-state index in [-0.39, 0.29) is 39.1 Å². The summed E-state index contributed by atoms with van der Waals surface area (Å²) in [6.45, 7) is 5.21. The molecule has 1 aliphatic heterocycles. The van der Waals surface area contributed by atoms with E-state index in [1.54, 1.807) is 6.08 Å². The number of anilines is 1. The van der Waals surface area contributed by atoms with Crippen molar-refractivity contribution in [2.75, 3.05) is 11.9 Å². The molecular weight excluding hydrogens is 481 g/mol. The van der Waals surface area contributed by atoms with Crippen LogP contribution >= 0.6 is 11.6 Å². The number of piperidine rings is 1. The molecule has 5 rings (SSSR count). The minimum absolute atomic E-state index is 0.0362. The average molecular weight is 511 g/mol. The van der Waals surface area contributed by atoms with E-state index < -0.39 is 12.1 Å². The van der Waals surface area contributed by atoms with Gasteiger partial charge < -0.3 is 15.4 Å². The molecule has 4 aliphatic rings. The molecule has 35 heavy (non-hydrogen) atoms. The Bertz CT molecular complexity index is 1090. The average Bonchev–Trinajstić information content (AvgIpc) is 3.12. The first kappa shape index (κ1) is 24.5. The summed E-state index contributed by atoms with van der Waals surface area (Å²) in [4.78, 5) is 25.4. The molecule has 1 saturated heterocycles. The lowest BCUT2D eigenvalue weighted by atomic mass is 9.50. The Morgan fingerprint density at radius 2 is 1.94 bits per heavy atom. The van der Waals surface area contributed by atoms with Crippen molar-refractivity contribution in [3.05, 3.63) is 35.0 Å². The molecule has 6 atom stereocenters. The molecule has 2 saturated carbocycles. The van der Waals surface area contributed by atoms with Gasteiger partial charge in [-0.2, -0.15) is 0 Å². The van der Waals surface area contributed by atoms with Crippen LogP contribution < -0.4 is 15.4 Å². The second kappa shape index (κ2) is 8.43. The fourth-order valence-electron chi connectivity index (χ4n) is 7.60. The standard InChI is InChI=1S/C26H30ClF3N2O3/c1-24-10-8-18-16(13-31-22-12-15(33)7-9-25(18,22)2)17(24)4-5-19(24)23(34)32-20-6-3-14(27)11-21(20)35-26(28,29)30/h3,6,11-12,16-19,31H,4-5,7-10,13H2,1-2H3,(H,32,34)/t16?,17?,18?,19?,24-,25+/m0/s1. The number of ketones is 1. The van der Waals surface area contributed by atoms with Gasteiger partial charge in [0, 0.05) is 47.2 Å². The van der Waals surface area contributed by atoms with Crippen LogP contribution in [-0.2, 0) is 9.59 Å². The van der Waals surface area contributed by atoms with Crippen molar-refractivity contribution in [3.8, 4) is 5.75 Å². The number of fused-ring (bicyclic) bond motifs is 5. The summed E-state index contributed by atoms with van der Waals surface area (Å²) in [5, 5.41) is 6.34. The molecule has 2 N–H and O–H groups in total. The Balaban J connectivity index is 1.36. The van der Waals surface area contributed by atoms with Gasteiger partial charge in [-0.25, -0.2) is 0 Å². The van der Waals surface area contributed by atoms with E-state index in [1.165, 1.54) is 12.1 Å². The van der Waals surface area contributed by atoms with Crippen molar-refractivity contribution in [1.82, 2.24) is 5.32 Å². The van der Waals surface area contributed by atoms with E-state index in [0.29, 0.717) is 30.6 Å². The number of halogens is 4. The zero-order chi connectivity index (χ0) is 25.2. The Labute approximate surface area is 207 Å².